The first kappa shape index (κ1) is 32.5. The van der Waals surface area contributed by atoms with Crippen LogP contribution in [0.5, 0.6) is 0 Å². The summed E-state index contributed by atoms with van der Waals surface area (Å²) in [5.74, 6) is -0.554. The van der Waals surface area contributed by atoms with Gasteiger partial charge in [-0.1, -0.05) is 72.7 Å². The fourth-order valence-electron chi connectivity index (χ4n) is 3.92. The number of nitrogens with one attached hydrogen (secondary N) is 1. The predicted molar refractivity (Wildman–Crippen MR) is 157 cm³/mol. The van der Waals surface area contributed by atoms with E-state index in [1.54, 1.807) is 24.3 Å². The monoisotopic (exact) mass is 623 g/mol. The molecule has 0 spiro atoms. The topological polar surface area (TPSA) is 86.8 Å². The summed E-state index contributed by atoms with van der Waals surface area (Å²) in [4.78, 5) is 28.0. The summed E-state index contributed by atoms with van der Waals surface area (Å²) in [6.45, 7) is 4.47. The van der Waals surface area contributed by atoms with E-state index in [2.05, 4.69) is 5.32 Å². The fourth-order valence-corrected chi connectivity index (χ4v) is 5.79. The van der Waals surface area contributed by atoms with Crippen LogP contribution in [0.15, 0.2) is 36.4 Å². The molecular weight excluding hydrogens is 592 g/mol. The third-order valence-electron chi connectivity index (χ3n) is 5.90. The molecule has 1 atom stereocenters. The predicted octanol–water partition coefficient (Wildman–Crippen LogP) is 6.57. The molecule has 0 aromatic heterocycles. The molecule has 0 unspecified atom stereocenters. The largest absolute Gasteiger partial charge is 0.354 e. The highest BCUT2D eigenvalue weighted by molar-refractivity contribution is 7.92. The Bertz CT molecular complexity index is 1230. The number of rotatable bonds is 14. The summed E-state index contributed by atoms with van der Waals surface area (Å²) in [6, 6.07) is 8.80. The number of carbonyl (C=O) groups is 2. The van der Waals surface area contributed by atoms with Gasteiger partial charge in [0.05, 0.1) is 17.0 Å². The van der Waals surface area contributed by atoms with E-state index >= 15 is 0 Å². The van der Waals surface area contributed by atoms with E-state index in [-0.39, 0.29) is 48.5 Å². The van der Waals surface area contributed by atoms with E-state index in [4.69, 9.17) is 46.4 Å². The molecule has 0 bridgehead atoms. The lowest BCUT2D eigenvalue weighted by molar-refractivity contribution is -0.141. The van der Waals surface area contributed by atoms with E-state index in [1.807, 2.05) is 13.8 Å². The highest BCUT2D eigenvalue weighted by Crippen LogP contribution is 2.31. The van der Waals surface area contributed by atoms with Gasteiger partial charge in [0.15, 0.2) is 0 Å². The number of anilines is 1. The summed E-state index contributed by atoms with van der Waals surface area (Å²) in [5.41, 5.74) is 0.883. The zero-order chi connectivity index (χ0) is 28.5. The van der Waals surface area contributed by atoms with Gasteiger partial charge in [0, 0.05) is 41.1 Å². The first-order valence-corrected chi connectivity index (χ1v) is 15.7. The smallest absolute Gasteiger partial charge is 0.242 e. The van der Waals surface area contributed by atoms with Gasteiger partial charge >= 0.3 is 0 Å². The Labute approximate surface area is 245 Å². The van der Waals surface area contributed by atoms with Crippen molar-refractivity contribution < 1.29 is 18.0 Å². The molecule has 0 saturated carbocycles. The Hall–Kier alpha value is -1.71. The van der Waals surface area contributed by atoms with Crippen molar-refractivity contribution in [3.8, 4) is 0 Å². The van der Waals surface area contributed by atoms with Gasteiger partial charge in [0.1, 0.15) is 6.04 Å². The Morgan fingerprint density at radius 1 is 0.947 bits per heavy atom. The van der Waals surface area contributed by atoms with Crippen LogP contribution in [0.4, 0.5) is 5.69 Å². The molecule has 2 aromatic carbocycles. The molecule has 2 amide bonds. The van der Waals surface area contributed by atoms with Gasteiger partial charge in [-0.15, -0.1) is 0 Å². The lowest BCUT2D eigenvalue weighted by Crippen LogP contribution is -2.49. The van der Waals surface area contributed by atoms with Crippen LogP contribution in [0.25, 0.3) is 0 Å². The Kier molecular flexibility index (Phi) is 13.0. The number of benzene rings is 2. The summed E-state index contributed by atoms with van der Waals surface area (Å²) in [7, 11) is -3.71. The average molecular weight is 625 g/mol. The number of halogens is 4. The molecule has 2 rings (SSSR count). The molecule has 0 fully saturated rings. The second-order valence-electron chi connectivity index (χ2n) is 8.86. The van der Waals surface area contributed by atoms with E-state index in [1.165, 1.54) is 17.0 Å². The minimum Gasteiger partial charge on any atom is -0.354 e. The third kappa shape index (κ3) is 9.49. The molecule has 0 aliphatic rings. The maximum atomic E-state index is 13.5. The van der Waals surface area contributed by atoms with Crippen molar-refractivity contribution in [3.63, 3.8) is 0 Å². The van der Waals surface area contributed by atoms with Gasteiger partial charge < -0.3 is 10.2 Å². The highest BCUT2D eigenvalue weighted by atomic mass is 35.5. The minimum absolute atomic E-state index is 0.000333. The summed E-state index contributed by atoms with van der Waals surface area (Å²) >= 11 is 24.7. The first-order valence-electron chi connectivity index (χ1n) is 12.3. The molecular formula is C26H33Cl4N3O4S. The second-order valence-corrected chi connectivity index (χ2v) is 12.5. The quantitative estimate of drug-likeness (QED) is 0.241. The standard InChI is InChI=1S/C26H33Cl4N3O4S/c1-4-6-13-31-26(35)23(5-2)32(17-18-9-10-19(27)15-22(18)30)25(34)8-7-14-33(38(3,36)37)24-16-20(28)11-12-21(24)29/h9-12,15-16,23H,4-8,13-14,17H2,1-3H3,(H,31,35)/t23-/m0/s1. The van der Waals surface area contributed by atoms with E-state index in [0.29, 0.717) is 33.6 Å². The summed E-state index contributed by atoms with van der Waals surface area (Å²) < 4.78 is 26.2. The van der Waals surface area contributed by atoms with Crippen molar-refractivity contribution in [2.24, 2.45) is 0 Å². The number of unbranched alkanes of at least 4 members (excludes halogenated alkanes) is 1. The Morgan fingerprint density at radius 3 is 2.21 bits per heavy atom. The van der Waals surface area contributed by atoms with Gasteiger partial charge in [-0.25, -0.2) is 8.42 Å². The van der Waals surface area contributed by atoms with Crippen LogP contribution < -0.4 is 9.62 Å². The first-order chi connectivity index (χ1) is 17.9. The van der Waals surface area contributed by atoms with Crippen molar-refractivity contribution in [2.75, 3.05) is 23.7 Å². The fraction of sp³-hybridized carbons (Fsp3) is 0.462. The van der Waals surface area contributed by atoms with Crippen LogP contribution >= 0.6 is 46.4 Å². The molecule has 0 heterocycles. The van der Waals surface area contributed by atoms with Gasteiger partial charge in [0.25, 0.3) is 0 Å². The molecule has 0 radical (unpaired) electrons. The number of carbonyl (C=O) groups excluding carboxylic acids is 2. The molecule has 2 aromatic rings. The zero-order valence-electron chi connectivity index (χ0n) is 21.6. The van der Waals surface area contributed by atoms with Crippen LogP contribution in [-0.2, 0) is 26.2 Å². The van der Waals surface area contributed by atoms with Crippen LogP contribution in [0.3, 0.4) is 0 Å². The normalized spacial score (nSPS) is 12.2. The number of sulfonamides is 1. The molecule has 7 nitrogen and oxygen atoms in total. The van der Waals surface area contributed by atoms with Crippen LogP contribution in [0, 0.1) is 0 Å². The SMILES string of the molecule is CCCCNC(=O)[C@H](CC)N(Cc1ccc(Cl)cc1Cl)C(=O)CCCN(c1cc(Cl)ccc1Cl)S(C)(=O)=O. The second kappa shape index (κ2) is 15.2. The molecule has 210 valence electrons. The number of nitrogens with zero attached hydrogens (tertiary/aromatic N) is 2. The van der Waals surface area contributed by atoms with Gasteiger partial charge in [-0.05, 0) is 55.2 Å². The third-order valence-corrected chi connectivity index (χ3v) is 8.22. The lowest BCUT2D eigenvalue weighted by atomic mass is 10.1. The average Bonchev–Trinajstić information content (AvgIpc) is 2.84. The summed E-state index contributed by atoms with van der Waals surface area (Å²) in [6.07, 6.45) is 3.39. The maximum absolute atomic E-state index is 13.5. The van der Waals surface area contributed by atoms with Crippen molar-refractivity contribution in [1.82, 2.24) is 10.2 Å². The minimum atomic E-state index is -3.71. The van der Waals surface area contributed by atoms with Crippen molar-refractivity contribution in [3.05, 3.63) is 62.1 Å². The molecule has 38 heavy (non-hydrogen) atoms. The molecule has 12 heteroatoms. The number of hydrogen-bond donors (Lipinski definition) is 1. The molecule has 0 aliphatic carbocycles. The Morgan fingerprint density at radius 2 is 1.61 bits per heavy atom. The highest BCUT2D eigenvalue weighted by Gasteiger charge is 2.29. The van der Waals surface area contributed by atoms with Gasteiger partial charge in [-0.3, -0.25) is 13.9 Å². The Balaban J connectivity index is 2.27. The zero-order valence-corrected chi connectivity index (χ0v) is 25.5. The molecule has 0 aliphatic heterocycles. The maximum Gasteiger partial charge on any atom is 0.242 e. The van der Waals surface area contributed by atoms with E-state index in [0.717, 1.165) is 23.4 Å². The number of hydrogen-bond acceptors (Lipinski definition) is 4. The van der Waals surface area contributed by atoms with Crippen LogP contribution in [-0.4, -0.2) is 50.5 Å². The molecule has 1 N–H and O–H groups in total. The number of amides is 2. The van der Waals surface area contributed by atoms with Gasteiger partial charge in [0.2, 0.25) is 21.8 Å². The molecule has 0 saturated heterocycles. The van der Waals surface area contributed by atoms with E-state index < -0.39 is 16.1 Å². The van der Waals surface area contributed by atoms with E-state index in [9.17, 15) is 18.0 Å². The van der Waals surface area contributed by atoms with Crippen LogP contribution in [0.2, 0.25) is 20.1 Å². The summed E-state index contributed by atoms with van der Waals surface area (Å²) in [5, 5.41) is 4.30. The van der Waals surface area contributed by atoms with Crippen molar-refractivity contribution in [2.45, 2.75) is 58.5 Å². The van der Waals surface area contributed by atoms with Gasteiger partial charge in [-0.2, -0.15) is 0 Å². The van der Waals surface area contributed by atoms with Crippen LogP contribution in [0.1, 0.15) is 51.5 Å². The lowest BCUT2D eigenvalue weighted by Gasteiger charge is -2.31. The van der Waals surface area contributed by atoms with Crippen molar-refractivity contribution in [1.29, 1.82) is 0 Å². The van der Waals surface area contributed by atoms with Crippen molar-refractivity contribution >= 4 is 73.9 Å².